The molecule has 0 bridgehead atoms. The average Bonchev–Trinajstić information content (AvgIpc) is 2.91. The second kappa shape index (κ2) is 3.77. The first kappa shape index (κ1) is 11.5. The van der Waals surface area contributed by atoms with Crippen molar-refractivity contribution in [1.82, 2.24) is 0 Å². The van der Waals surface area contributed by atoms with Crippen LogP contribution in [0.2, 0.25) is 5.02 Å². The van der Waals surface area contributed by atoms with Crippen molar-refractivity contribution in [2.75, 3.05) is 0 Å². The van der Waals surface area contributed by atoms with E-state index in [4.69, 9.17) is 16.7 Å². The van der Waals surface area contributed by atoms with Crippen LogP contribution >= 0.6 is 11.6 Å². The van der Waals surface area contributed by atoms with Gasteiger partial charge in [0.1, 0.15) is 0 Å². The molecule has 0 saturated heterocycles. The fourth-order valence-electron chi connectivity index (χ4n) is 2.35. The summed E-state index contributed by atoms with van der Waals surface area (Å²) < 4.78 is 0. The minimum Gasteiger partial charge on any atom is -0.481 e. The fraction of sp³-hybridized carbons (Fsp3) is 0.462. The molecule has 86 valence electrons. The summed E-state index contributed by atoms with van der Waals surface area (Å²) in [5.41, 5.74) is 3.11. The molecule has 16 heavy (non-hydrogen) atoms. The molecule has 1 saturated carbocycles. The average molecular weight is 239 g/mol. The van der Waals surface area contributed by atoms with Crippen LogP contribution in [0.3, 0.4) is 0 Å². The summed E-state index contributed by atoms with van der Waals surface area (Å²) in [6.07, 6.45) is 2.13. The maximum Gasteiger partial charge on any atom is 0.304 e. The molecular formula is C13H15ClO2. The Balaban J connectivity index is 2.44. The summed E-state index contributed by atoms with van der Waals surface area (Å²) >= 11 is 6.14. The van der Waals surface area contributed by atoms with Gasteiger partial charge in [-0.2, -0.15) is 0 Å². The van der Waals surface area contributed by atoms with E-state index in [1.807, 2.05) is 19.9 Å². The molecule has 1 fully saturated rings. The van der Waals surface area contributed by atoms with Gasteiger partial charge < -0.3 is 5.11 Å². The van der Waals surface area contributed by atoms with E-state index >= 15 is 0 Å². The highest BCUT2D eigenvalue weighted by molar-refractivity contribution is 6.31. The Hall–Kier alpha value is -1.02. The maximum atomic E-state index is 10.9. The number of aliphatic carboxylic acids is 1. The molecule has 2 nitrogen and oxygen atoms in total. The highest BCUT2D eigenvalue weighted by Crippen LogP contribution is 2.52. The number of carboxylic acids is 1. The summed E-state index contributed by atoms with van der Waals surface area (Å²) in [5.74, 6) is -0.727. The van der Waals surface area contributed by atoms with Gasteiger partial charge in [-0.3, -0.25) is 4.79 Å². The lowest BCUT2D eigenvalue weighted by molar-refractivity contribution is -0.137. The normalized spacial score (nSPS) is 17.2. The Morgan fingerprint density at radius 2 is 2.06 bits per heavy atom. The standard InChI is InChI=1S/C13H15ClO2/c1-8-5-10(9(2)11(14)6-8)13(3-4-13)7-12(15)16/h5-6H,3-4,7H2,1-2H3,(H,15,16). The molecule has 0 amide bonds. The van der Waals surface area contributed by atoms with Crippen LogP contribution in [0, 0.1) is 13.8 Å². The van der Waals surface area contributed by atoms with Crippen molar-refractivity contribution in [1.29, 1.82) is 0 Å². The summed E-state index contributed by atoms with van der Waals surface area (Å²) in [6, 6.07) is 4.01. The predicted octanol–water partition coefficient (Wildman–Crippen LogP) is 3.46. The number of carbonyl (C=O) groups is 1. The topological polar surface area (TPSA) is 37.3 Å². The lowest BCUT2D eigenvalue weighted by atomic mass is 9.88. The van der Waals surface area contributed by atoms with Crippen LogP contribution < -0.4 is 0 Å². The summed E-state index contributed by atoms with van der Waals surface area (Å²) in [5, 5.41) is 9.69. The van der Waals surface area contributed by atoms with Gasteiger partial charge in [-0.1, -0.05) is 17.7 Å². The van der Waals surface area contributed by atoms with E-state index in [-0.39, 0.29) is 11.8 Å². The van der Waals surface area contributed by atoms with Gasteiger partial charge in [-0.25, -0.2) is 0 Å². The molecule has 1 aromatic rings. The number of hydrogen-bond donors (Lipinski definition) is 1. The summed E-state index contributed by atoms with van der Waals surface area (Å²) in [7, 11) is 0. The number of carboxylic acid groups (broad SMARTS) is 1. The van der Waals surface area contributed by atoms with Crippen molar-refractivity contribution in [2.45, 2.75) is 38.5 Å². The lowest BCUT2D eigenvalue weighted by Crippen LogP contribution is -2.14. The van der Waals surface area contributed by atoms with Crippen molar-refractivity contribution >= 4 is 17.6 Å². The van der Waals surface area contributed by atoms with Crippen LogP contribution in [0.5, 0.6) is 0 Å². The third-order valence-electron chi connectivity index (χ3n) is 3.40. The maximum absolute atomic E-state index is 10.9. The van der Waals surface area contributed by atoms with Crippen molar-refractivity contribution in [3.8, 4) is 0 Å². The summed E-state index contributed by atoms with van der Waals surface area (Å²) in [4.78, 5) is 10.9. The van der Waals surface area contributed by atoms with Crippen LogP contribution in [-0.4, -0.2) is 11.1 Å². The molecular weight excluding hydrogens is 224 g/mol. The van der Waals surface area contributed by atoms with Crippen LogP contribution in [0.25, 0.3) is 0 Å². The molecule has 0 unspecified atom stereocenters. The van der Waals surface area contributed by atoms with Crippen LogP contribution in [0.15, 0.2) is 12.1 Å². The van der Waals surface area contributed by atoms with Crippen LogP contribution in [0.1, 0.15) is 36.0 Å². The summed E-state index contributed by atoms with van der Waals surface area (Å²) in [6.45, 7) is 3.96. The Bertz CT molecular complexity index is 447. The highest BCUT2D eigenvalue weighted by Gasteiger charge is 2.47. The quantitative estimate of drug-likeness (QED) is 0.876. The zero-order valence-electron chi connectivity index (χ0n) is 9.51. The van der Waals surface area contributed by atoms with E-state index in [9.17, 15) is 4.79 Å². The van der Waals surface area contributed by atoms with E-state index < -0.39 is 5.97 Å². The van der Waals surface area contributed by atoms with E-state index in [2.05, 4.69) is 6.07 Å². The van der Waals surface area contributed by atoms with Crippen LogP contribution in [0.4, 0.5) is 0 Å². The zero-order chi connectivity index (χ0) is 11.9. The van der Waals surface area contributed by atoms with Crippen molar-refractivity contribution < 1.29 is 9.90 Å². The number of benzene rings is 1. The number of hydrogen-bond acceptors (Lipinski definition) is 1. The predicted molar refractivity (Wildman–Crippen MR) is 64.1 cm³/mol. The molecule has 1 N–H and O–H groups in total. The third kappa shape index (κ3) is 1.94. The van der Waals surface area contributed by atoms with Crippen molar-refractivity contribution in [3.05, 3.63) is 33.8 Å². The number of aryl methyl sites for hydroxylation is 1. The zero-order valence-corrected chi connectivity index (χ0v) is 10.3. The van der Waals surface area contributed by atoms with E-state index in [1.54, 1.807) is 0 Å². The van der Waals surface area contributed by atoms with Gasteiger partial charge in [0.25, 0.3) is 0 Å². The smallest absolute Gasteiger partial charge is 0.304 e. The molecule has 2 rings (SSSR count). The van der Waals surface area contributed by atoms with Crippen LogP contribution in [-0.2, 0) is 10.2 Å². The second-order valence-electron chi connectivity index (χ2n) is 4.77. The first-order valence-corrected chi connectivity index (χ1v) is 5.81. The van der Waals surface area contributed by atoms with Gasteiger partial charge in [0.05, 0.1) is 6.42 Å². The number of rotatable bonds is 3. The minimum absolute atomic E-state index is 0.147. The molecule has 3 heteroatoms. The Kier molecular flexibility index (Phi) is 2.70. The SMILES string of the molecule is Cc1cc(Cl)c(C)c(C2(CC(=O)O)CC2)c1. The van der Waals surface area contributed by atoms with Crippen molar-refractivity contribution in [3.63, 3.8) is 0 Å². The van der Waals surface area contributed by atoms with Gasteiger partial charge >= 0.3 is 5.97 Å². The minimum atomic E-state index is -0.727. The fourth-order valence-corrected chi connectivity index (χ4v) is 2.62. The van der Waals surface area contributed by atoms with E-state index in [0.717, 1.165) is 34.6 Å². The lowest BCUT2D eigenvalue weighted by Gasteiger charge is -2.18. The highest BCUT2D eigenvalue weighted by atomic mass is 35.5. The molecule has 0 radical (unpaired) electrons. The van der Waals surface area contributed by atoms with Gasteiger partial charge in [0.2, 0.25) is 0 Å². The second-order valence-corrected chi connectivity index (χ2v) is 5.18. The molecule has 0 spiro atoms. The van der Waals surface area contributed by atoms with Crippen molar-refractivity contribution in [2.24, 2.45) is 0 Å². The monoisotopic (exact) mass is 238 g/mol. The number of halogens is 1. The Morgan fingerprint density at radius 3 is 2.56 bits per heavy atom. The van der Waals surface area contributed by atoms with Gasteiger partial charge in [0, 0.05) is 10.4 Å². The first-order chi connectivity index (χ1) is 7.44. The van der Waals surface area contributed by atoms with E-state index in [0.29, 0.717) is 0 Å². The Morgan fingerprint density at radius 1 is 1.44 bits per heavy atom. The molecule has 1 aliphatic carbocycles. The van der Waals surface area contributed by atoms with E-state index in [1.165, 1.54) is 0 Å². The molecule has 1 aromatic carbocycles. The Labute approximate surface area is 100 Å². The molecule has 0 atom stereocenters. The molecule has 0 heterocycles. The van der Waals surface area contributed by atoms with Gasteiger partial charge in [-0.15, -0.1) is 0 Å². The molecule has 0 aliphatic heterocycles. The van der Waals surface area contributed by atoms with Gasteiger partial charge in [0.15, 0.2) is 0 Å². The molecule has 0 aromatic heterocycles. The largest absolute Gasteiger partial charge is 0.481 e. The molecule has 1 aliphatic rings. The first-order valence-electron chi connectivity index (χ1n) is 5.44. The third-order valence-corrected chi connectivity index (χ3v) is 3.80. The van der Waals surface area contributed by atoms with Gasteiger partial charge in [-0.05, 0) is 49.4 Å².